The third-order valence-corrected chi connectivity index (χ3v) is 3.83. The minimum Gasteiger partial charge on any atom is -0.355 e. The molecular weight excluding hydrogens is 307 g/mol. The Labute approximate surface area is 141 Å². The first-order valence-corrected chi connectivity index (χ1v) is 7.83. The SMILES string of the molecule is CNC(=O)c1cccc(CNC(=O)CC(C)c2ccccc2F)c1. The van der Waals surface area contributed by atoms with Crippen LogP contribution in [0.1, 0.15) is 40.7 Å². The molecule has 2 N–H and O–H groups in total. The molecule has 0 spiro atoms. The zero-order chi connectivity index (χ0) is 17.5. The van der Waals surface area contributed by atoms with Gasteiger partial charge in [-0.15, -0.1) is 0 Å². The molecular formula is C19H21FN2O2. The normalized spacial score (nSPS) is 11.6. The Morgan fingerprint density at radius 2 is 1.88 bits per heavy atom. The average molecular weight is 328 g/mol. The van der Waals surface area contributed by atoms with Gasteiger partial charge in [0.15, 0.2) is 0 Å². The molecule has 2 rings (SSSR count). The van der Waals surface area contributed by atoms with E-state index in [0.717, 1.165) is 5.56 Å². The monoisotopic (exact) mass is 328 g/mol. The van der Waals surface area contributed by atoms with Crippen LogP contribution in [0, 0.1) is 5.82 Å². The molecule has 2 amide bonds. The second-order valence-electron chi connectivity index (χ2n) is 5.68. The molecule has 2 aromatic rings. The van der Waals surface area contributed by atoms with E-state index in [1.165, 1.54) is 6.07 Å². The standard InChI is InChI=1S/C19H21FN2O2/c1-13(16-8-3-4-9-17(16)20)10-18(23)22-12-14-6-5-7-15(11-14)19(24)21-2/h3-9,11,13H,10,12H2,1-2H3,(H,21,24)(H,22,23). The zero-order valence-corrected chi connectivity index (χ0v) is 13.8. The lowest BCUT2D eigenvalue weighted by molar-refractivity contribution is -0.121. The maximum Gasteiger partial charge on any atom is 0.251 e. The third kappa shape index (κ3) is 4.65. The average Bonchev–Trinajstić information content (AvgIpc) is 2.59. The second kappa shape index (κ2) is 8.24. The molecule has 0 bridgehead atoms. The van der Waals surface area contributed by atoms with Crippen LogP contribution in [-0.2, 0) is 11.3 Å². The fourth-order valence-electron chi connectivity index (χ4n) is 2.50. The first-order valence-electron chi connectivity index (χ1n) is 7.83. The number of benzene rings is 2. The summed E-state index contributed by atoms with van der Waals surface area (Å²) >= 11 is 0. The lowest BCUT2D eigenvalue weighted by Gasteiger charge is -2.13. The van der Waals surface area contributed by atoms with E-state index in [-0.39, 0.29) is 30.0 Å². The molecule has 1 atom stereocenters. The van der Waals surface area contributed by atoms with E-state index in [2.05, 4.69) is 10.6 Å². The second-order valence-corrected chi connectivity index (χ2v) is 5.68. The molecule has 0 fully saturated rings. The Morgan fingerprint density at radius 3 is 2.58 bits per heavy atom. The van der Waals surface area contributed by atoms with Crippen LogP contribution in [0.15, 0.2) is 48.5 Å². The Hall–Kier alpha value is -2.69. The van der Waals surface area contributed by atoms with Crippen LogP contribution in [-0.4, -0.2) is 18.9 Å². The van der Waals surface area contributed by atoms with Gasteiger partial charge >= 0.3 is 0 Å². The summed E-state index contributed by atoms with van der Waals surface area (Å²) in [6.45, 7) is 2.15. The van der Waals surface area contributed by atoms with Crippen LogP contribution in [0.25, 0.3) is 0 Å². The third-order valence-electron chi connectivity index (χ3n) is 3.83. The first-order chi connectivity index (χ1) is 11.5. The minimum absolute atomic E-state index is 0.156. The van der Waals surface area contributed by atoms with Gasteiger partial charge in [0.25, 0.3) is 5.91 Å². The molecule has 0 aliphatic carbocycles. The molecule has 4 nitrogen and oxygen atoms in total. The van der Waals surface area contributed by atoms with Gasteiger partial charge in [-0.2, -0.15) is 0 Å². The molecule has 0 saturated carbocycles. The van der Waals surface area contributed by atoms with Crippen molar-refractivity contribution in [3.05, 3.63) is 71.0 Å². The lowest BCUT2D eigenvalue weighted by atomic mass is 9.97. The number of hydrogen-bond acceptors (Lipinski definition) is 2. The van der Waals surface area contributed by atoms with Crippen molar-refractivity contribution < 1.29 is 14.0 Å². The molecule has 2 aromatic carbocycles. The van der Waals surface area contributed by atoms with Crippen molar-refractivity contribution in [3.8, 4) is 0 Å². The summed E-state index contributed by atoms with van der Waals surface area (Å²) < 4.78 is 13.7. The highest BCUT2D eigenvalue weighted by Gasteiger charge is 2.14. The Morgan fingerprint density at radius 1 is 1.12 bits per heavy atom. The molecule has 0 heterocycles. The first kappa shape index (κ1) is 17.7. The highest BCUT2D eigenvalue weighted by Crippen LogP contribution is 2.21. The van der Waals surface area contributed by atoms with Gasteiger partial charge in [0.2, 0.25) is 5.91 Å². The number of rotatable bonds is 6. The van der Waals surface area contributed by atoms with E-state index in [1.54, 1.807) is 43.4 Å². The van der Waals surface area contributed by atoms with Crippen molar-refractivity contribution in [3.63, 3.8) is 0 Å². The number of amides is 2. The molecule has 0 saturated heterocycles. The van der Waals surface area contributed by atoms with Gasteiger partial charge in [0.1, 0.15) is 5.82 Å². The Kier molecular flexibility index (Phi) is 6.07. The smallest absolute Gasteiger partial charge is 0.251 e. The van der Waals surface area contributed by atoms with Gasteiger partial charge in [-0.25, -0.2) is 4.39 Å². The van der Waals surface area contributed by atoms with Gasteiger partial charge in [-0.3, -0.25) is 9.59 Å². The van der Waals surface area contributed by atoms with Gasteiger partial charge in [-0.1, -0.05) is 37.3 Å². The van der Waals surface area contributed by atoms with Crippen molar-refractivity contribution in [1.29, 1.82) is 0 Å². The molecule has 0 radical (unpaired) electrons. The molecule has 5 heteroatoms. The quantitative estimate of drug-likeness (QED) is 0.856. The summed E-state index contributed by atoms with van der Waals surface area (Å²) in [5, 5.41) is 5.37. The number of halogens is 1. The van der Waals surface area contributed by atoms with Crippen LogP contribution >= 0.6 is 0 Å². The van der Waals surface area contributed by atoms with Gasteiger partial charge in [0, 0.05) is 25.6 Å². The summed E-state index contributed by atoms with van der Waals surface area (Å²) in [4.78, 5) is 23.7. The van der Waals surface area contributed by atoms with E-state index in [0.29, 0.717) is 17.7 Å². The van der Waals surface area contributed by atoms with Crippen molar-refractivity contribution in [2.45, 2.75) is 25.8 Å². The number of hydrogen-bond donors (Lipinski definition) is 2. The van der Waals surface area contributed by atoms with Crippen LogP contribution in [0.3, 0.4) is 0 Å². The summed E-state index contributed by atoms with van der Waals surface area (Å²) in [6, 6.07) is 13.5. The molecule has 24 heavy (non-hydrogen) atoms. The minimum atomic E-state index is -0.295. The molecule has 0 aliphatic heterocycles. The van der Waals surface area contributed by atoms with Crippen molar-refractivity contribution in [2.24, 2.45) is 0 Å². The molecule has 1 unspecified atom stereocenters. The summed E-state index contributed by atoms with van der Waals surface area (Å²) in [6.07, 6.45) is 0.204. The number of carbonyl (C=O) groups excluding carboxylic acids is 2. The Balaban J connectivity index is 1.92. The maximum atomic E-state index is 13.7. The van der Waals surface area contributed by atoms with Gasteiger partial charge in [0.05, 0.1) is 0 Å². The van der Waals surface area contributed by atoms with E-state index in [9.17, 15) is 14.0 Å². The predicted molar refractivity (Wildman–Crippen MR) is 91.1 cm³/mol. The maximum absolute atomic E-state index is 13.7. The molecule has 0 aromatic heterocycles. The highest BCUT2D eigenvalue weighted by atomic mass is 19.1. The van der Waals surface area contributed by atoms with Crippen LogP contribution in [0.5, 0.6) is 0 Å². The lowest BCUT2D eigenvalue weighted by Crippen LogP contribution is -2.24. The van der Waals surface area contributed by atoms with Crippen LogP contribution in [0.4, 0.5) is 4.39 Å². The van der Waals surface area contributed by atoms with Gasteiger partial charge in [-0.05, 0) is 35.2 Å². The topological polar surface area (TPSA) is 58.2 Å². The number of carbonyl (C=O) groups is 2. The molecule has 126 valence electrons. The summed E-state index contributed by atoms with van der Waals surface area (Å²) in [5.74, 6) is -0.827. The Bertz CT molecular complexity index is 731. The highest BCUT2D eigenvalue weighted by molar-refractivity contribution is 5.94. The molecule has 0 aliphatic rings. The fourth-order valence-corrected chi connectivity index (χ4v) is 2.50. The predicted octanol–water partition coefficient (Wildman–Crippen LogP) is 3.00. The van der Waals surface area contributed by atoms with Crippen LogP contribution < -0.4 is 10.6 Å². The van der Waals surface area contributed by atoms with E-state index in [4.69, 9.17) is 0 Å². The van der Waals surface area contributed by atoms with Crippen LogP contribution in [0.2, 0.25) is 0 Å². The van der Waals surface area contributed by atoms with E-state index in [1.807, 2.05) is 13.0 Å². The fraction of sp³-hybridized carbons (Fsp3) is 0.263. The van der Waals surface area contributed by atoms with Gasteiger partial charge < -0.3 is 10.6 Å². The van der Waals surface area contributed by atoms with Crippen molar-refractivity contribution >= 4 is 11.8 Å². The van der Waals surface area contributed by atoms with E-state index < -0.39 is 0 Å². The summed E-state index contributed by atoms with van der Waals surface area (Å²) in [5.41, 5.74) is 1.92. The largest absolute Gasteiger partial charge is 0.355 e. The van der Waals surface area contributed by atoms with Crippen molar-refractivity contribution in [2.75, 3.05) is 7.05 Å². The summed E-state index contributed by atoms with van der Waals surface area (Å²) in [7, 11) is 1.57. The van der Waals surface area contributed by atoms with Crippen molar-refractivity contribution in [1.82, 2.24) is 10.6 Å². The zero-order valence-electron chi connectivity index (χ0n) is 13.8. The van der Waals surface area contributed by atoms with E-state index >= 15 is 0 Å². The number of nitrogens with one attached hydrogen (secondary N) is 2.